The van der Waals surface area contributed by atoms with Crippen molar-refractivity contribution < 1.29 is 22.8 Å². The molecule has 0 atom stereocenters. The van der Waals surface area contributed by atoms with Crippen molar-refractivity contribution in [2.75, 3.05) is 31.5 Å². The van der Waals surface area contributed by atoms with Gasteiger partial charge in [0.1, 0.15) is 0 Å². The standard InChI is InChI=1S/C13H13ClF3N3O2/c14-9-1-2-11(10(7-9)13(15,16)17)18-12(22)20-5-3-19(8-21)4-6-20/h1-2,7-8H,3-6H2,(H,18,22). The molecule has 1 aromatic carbocycles. The number of piperazine rings is 1. The van der Waals surface area contributed by atoms with Gasteiger partial charge in [0.2, 0.25) is 6.41 Å². The van der Waals surface area contributed by atoms with E-state index in [-0.39, 0.29) is 23.8 Å². The quantitative estimate of drug-likeness (QED) is 0.845. The van der Waals surface area contributed by atoms with Crippen molar-refractivity contribution in [1.82, 2.24) is 9.80 Å². The highest BCUT2D eigenvalue weighted by Gasteiger charge is 2.34. The molecule has 1 aliphatic heterocycles. The fourth-order valence-electron chi connectivity index (χ4n) is 2.08. The lowest BCUT2D eigenvalue weighted by atomic mass is 10.1. The summed E-state index contributed by atoms with van der Waals surface area (Å²) >= 11 is 5.58. The topological polar surface area (TPSA) is 52.7 Å². The maximum atomic E-state index is 12.9. The van der Waals surface area contributed by atoms with Crippen molar-refractivity contribution >= 4 is 29.7 Å². The van der Waals surface area contributed by atoms with Crippen LogP contribution in [0.5, 0.6) is 0 Å². The molecular weight excluding hydrogens is 323 g/mol. The Morgan fingerprint density at radius 1 is 1.23 bits per heavy atom. The monoisotopic (exact) mass is 335 g/mol. The van der Waals surface area contributed by atoms with Crippen LogP contribution in [0.4, 0.5) is 23.7 Å². The van der Waals surface area contributed by atoms with Gasteiger partial charge in [-0.15, -0.1) is 0 Å². The van der Waals surface area contributed by atoms with E-state index in [9.17, 15) is 22.8 Å². The average molecular weight is 336 g/mol. The molecule has 120 valence electrons. The minimum atomic E-state index is -4.62. The van der Waals surface area contributed by atoms with Crippen molar-refractivity contribution in [3.8, 4) is 0 Å². The molecule has 1 aromatic rings. The summed E-state index contributed by atoms with van der Waals surface area (Å²) in [5.74, 6) is 0. The minimum Gasteiger partial charge on any atom is -0.342 e. The van der Waals surface area contributed by atoms with Crippen LogP contribution in [0.15, 0.2) is 18.2 Å². The average Bonchev–Trinajstić information content (AvgIpc) is 2.48. The molecule has 1 saturated heterocycles. The van der Waals surface area contributed by atoms with Gasteiger partial charge in [0.05, 0.1) is 11.3 Å². The van der Waals surface area contributed by atoms with E-state index in [4.69, 9.17) is 11.6 Å². The van der Waals surface area contributed by atoms with Gasteiger partial charge in [-0.1, -0.05) is 11.6 Å². The van der Waals surface area contributed by atoms with Gasteiger partial charge in [-0.25, -0.2) is 4.79 Å². The Kier molecular flexibility index (Phi) is 4.80. The third kappa shape index (κ3) is 3.82. The SMILES string of the molecule is O=CN1CCN(C(=O)Nc2ccc(Cl)cc2C(F)(F)F)CC1. The molecule has 1 heterocycles. The lowest BCUT2D eigenvalue weighted by molar-refractivity contribution is -0.137. The molecular formula is C13H13ClF3N3O2. The molecule has 1 fully saturated rings. The number of benzene rings is 1. The number of anilines is 1. The van der Waals surface area contributed by atoms with Gasteiger partial charge in [-0.05, 0) is 18.2 Å². The predicted octanol–water partition coefficient (Wildman–Crippen LogP) is 2.66. The van der Waals surface area contributed by atoms with Gasteiger partial charge < -0.3 is 15.1 Å². The summed E-state index contributed by atoms with van der Waals surface area (Å²) in [6.07, 6.45) is -3.94. The van der Waals surface area contributed by atoms with Crippen molar-refractivity contribution in [3.05, 3.63) is 28.8 Å². The van der Waals surface area contributed by atoms with Crippen molar-refractivity contribution in [3.63, 3.8) is 0 Å². The summed E-state index contributed by atoms with van der Waals surface area (Å²) < 4.78 is 38.8. The number of carbonyl (C=O) groups is 2. The summed E-state index contributed by atoms with van der Waals surface area (Å²) in [6, 6.07) is 2.52. The van der Waals surface area contributed by atoms with Gasteiger partial charge in [-0.3, -0.25) is 4.79 Å². The normalized spacial score (nSPS) is 15.6. The fourth-order valence-corrected chi connectivity index (χ4v) is 2.26. The molecule has 3 amide bonds. The van der Waals surface area contributed by atoms with E-state index in [0.29, 0.717) is 19.5 Å². The van der Waals surface area contributed by atoms with Gasteiger partial charge in [-0.2, -0.15) is 13.2 Å². The second-order valence-corrected chi connectivity index (χ2v) is 5.18. The summed E-state index contributed by atoms with van der Waals surface area (Å²) in [7, 11) is 0. The number of hydrogen-bond acceptors (Lipinski definition) is 2. The molecule has 0 unspecified atom stereocenters. The minimum absolute atomic E-state index is 0.0649. The highest BCUT2D eigenvalue weighted by Crippen LogP contribution is 2.36. The number of urea groups is 1. The van der Waals surface area contributed by atoms with Crippen LogP contribution in [-0.4, -0.2) is 48.4 Å². The summed E-state index contributed by atoms with van der Waals surface area (Å²) in [5, 5.41) is 2.18. The van der Waals surface area contributed by atoms with Crippen LogP contribution in [0.25, 0.3) is 0 Å². The molecule has 1 N–H and O–H groups in total. The van der Waals surface area contributed by atoms with Crippen molar-refractivity contribution in [2.24, 2.45) is 0 Å². The molecule has 0 radical (unpaired) electrons. The fraction of sp³-hybridized carbons (Fsp3) is 0.385. The maximum absolute atomic E-state index is 12.9. The predicted molar refractivity (Wildman–Crippen MR) is 74.7 cm³/mol. The molecule has 5 nitrogen and oxygen atoms in total. The van der Waals surface area contributed by atoms with Crippen LogP contribution in [0.3, 0.4) is 0 Å². The number of nitrogens with zero attached hydrogens (tertiary/aromatic N) is 2. The van der Waals surface area contributed by atoms with Gasteiger partial charge in [0.25, 0.3) is 0 Å². The molecule has 0 bridgehead atoms. The smallest absolute Gasteiger partial charge is 0.342 e. The number of amides is 3. The Balaban J connectivity index is 2.11. The number of halogens is 4. The lowest BCUT2D eigenvalue weighted by Crippen LogP contribution is -2.49. The molecule has 1 aliphatic rings. The zero-order chi connectivity index (χ0) is 16.3. The number of nitrogens with one attached hydrogen (secondary N) is 1. The molecule has 2 rings (SSSR count). The number of rotatable bonds is 2. The van der Waals surface area contributed by atoms with Gasteiger partial charge in [0.15, 0.2) is 0 Å². The molecule has 0 saturated carbocycles. The van der Waals surface area contributed by atoms with E-state index < -0.39 is 17.8 Å². The Labute approximate surface area is 129 Å². The van der Waals surface area contributed by atoms with Crippen LogP contribution >= 0.6 is 11.6 Å². The summed E-state index contributed by atoms with van der Waals surface area (Å²) in [5.41, 5.74) is -1.35. The Bertz CT molecular complexity index is 572. The molecule has 0 spiro atoms. The van der Waals surface area contributed by atoms with Crippen LogP contribution < -0.4 is 5.32 Å². The second kappa shape index (κ2) is 6.43. The summed E-state index contributed by atoms with van der Waals surface area (Å²) in [6.45, 7) is 1.23. The van der Waals surface area contributed by atoms with E-state index in [1.165, 1.54) is 15.9 Å². The van der Waals surface area contributed by atoms with E-state index in [0.717, 1.165) is 12.1 Å². The molecule has 22 heavy (non-hydrogen) atoms. The lowest BCUT2D eigenvalue weighted by Gasteiger charge is -2.32. The Morgan fingerprint density at radius 3 is 2.41 bits per heavy atom. The van der Waals surface area contributed by atoms with Crippen LogP contribution in [0, 0.1) is 0 Å². The van der Waals surface area contributed by atoms with E-state index >= 15 is 0 Å². The molecule has 0 aliphatic carbocycles. The molecule has 9 heteroatoms. The second-order valence-electron chi connectivity index (χ2n) is 4.75. The third-order valence-electron chi connectivity index (χ3n) is 3.28. The zero-order valence-corrected chi connectivity index (χ0v) is 12.1. The first-order valence-corrected chi connectivity index (χ1v) is 6.81. The van der Waals surface area contributed by atoms with E-state index in [1.54, 1.807) is 0 Å². The van der Waals surface area contributed by atoms with Crippen LogP contribution in [-0.2, 0) is 11.0 Å². The van der Waals surface area contributed by atoms with Crippen molar-refractivity contribution in [1.29, 1.82) is 0 Å². The zero-order valence-electron chi connectivity index (χ0n) is 11.4. The first kappa shape index (κ1) is 16.4. The third-order valence-corrected chi connectivity index (χ3v) is 3.51. The van der Waals surface area contributed by atoms with Crippen molar-refractivity contribution in [2.45, 2.75) is 6.18 Å². The van der Waals surface area contributed by atoms with E-state index in [2.05, 4.69) is 5.32 Å². The van der Waals surface area contributed by atoms with E-state index in [1.807, 2.05) is 0 Å². The number of carbonyl (C=O) groups excluding carboxylic acids is 2. The first-order valence-electron chi connectivity index (χ1n) is 6.43. The largest absolute Gasteiger partial charge is 0.418 e. The van der Waals surface area contributed by atoms with Gasteiger partial charge >= 0.3 is 12.2 Å². The maximum Gasteiger partial charge on any atom is 0.418 e. The number of alkyl halides is 3. The van der Waals surface area contributed by atoms with Crippen LogP contribution in [0.1, 0.15) is 5.56 Å². The van der Waals surface area contributed by atoms with Crippen LogP contribution in [0.2, 0.25) is 5.02 Å². The Hall–Kier alpha value is -1.96. The summed E-state index contributed by atoms with van der Waals surface area (Å²) in [4.78, 5) is 25.5. The Morgan fingerprint density at radius 2 is 1.86 bits per heavy atom. The first-order chi connectivity index (χ1) is 10.3. The molecule has 0 aromatic heterocycles. The highest BCUT2D eigenvalue weighted by atomic mass is 35.5. The highest BCUT2D eigenvalue weighted by molar-refractivity contribution is 6.30. The number of hydrogen-bond donors (Lipinski definition) is 1. The van der Waals surface area contributed by atoms with Gasteiger partial charge in [0, 0.05) is 31.2 Å².